The summed E-state index contributed by atoms with van der Waals surface area (Å²) in [6.07, 6.45) is -0.661. The molecule has 7 heteroatoms. The highest BCUT2D eigenvalue weighted by atomic mass is 32.2. The second kappa shape index (κ2) is 7.33. The largest absolute Gasteiger partial charge is 0.388 e. The Morgan fingerprint density at radius 1 is 1.22 bits per heavy atom. The maximum absolute atomic E-state index is 13.8. The van der Waals surface area contributed by atoms with Crippen molar-refractivity contribution in [1.82, 2.24) is 4.72 Å². The third-order valence-corrected chi connectivity index (χ3v) is 4.74. The first-order chi connectivity index (χ1) is 10.9. The van der Waals surface area contributed by atoms with Gasteiger partial charge in [-0.25, -0.2) is 17.5 Å². The van der Waals surface area contributed by atoms with E-state index in [1.54, 1.807) is 30.3 Å². The van der Waals surface area contributed by atoms with E-state index in [0.29, 0.717) is 5.56 Å². The Hall–Kier alpha value is -2.27. The van der Waals surface area contributed by atoms with Crippen LogP contribution in [0.25, 0.3) is 0 Å². The number of nitrogens with zero attached hydrogens (tertiary/aromatic N) is 1. The molecule has 0 spiro atoms. The van der Waals surface area contributed by atoms with Gasteiger partial charge in [-0.2, -0.15) is 5.26 Å². The average molecular weight is 334 g/mol. The van der Waals surface area contributed by atoms with E-state index in [0.717, 1.165) is 12.1 Å². The minimum atomic E-state index is -4.04. The van der Waals surface area contributed by atoms with Crippen LogP contribution in [0.3, 0.4) is 0 Å². The van der Waals surface area contributed by atoms with Gasteiger partial charge in [0.05, 0.1) is 17.7 Å². The molecule has 0 heterocycles. The summed E-state index contributed by atoms with van der Waals surface area (Å²) in [6, 6.07) is 13.7. The maximum Gasteiger partial charge on any atom is 0.243 e. The summed E-state index contributed by atoms with van der Waals surface area (Å²) < 4.78 is 40.1. The topological polar surface area (TPSA) is 90.2 Å². The number of rotatable bonds is 6. The van der Waals surface area contributed by atoms with E-state index in [2.05, 4.69) is 4.72 Å². The first-order valence-corrected chi connectivity index (χ1v) is 8.34. The van der Waals surface area contributed by atoms with E-state index in [-0.39, 0.29) is 18.5 Å². The Bertz CT molecular complexity index is 817. The minimum absolute atomic E-state index is 0.0425. The third-order valence-electron chi connectivity index (χ3n) is 3.24. The lowest BCUT2D eigenvalue weighted by Gasteiger charge is -2.12. The molecule has 2 aromatic carbocycles. The normalized spacial score (nSPS) is 12.6. The van der Waals surface area contributed by atoms with Gasteiger partial charge in [0, 0.05) is 6.54 Å². The van der Waals surface area contributed by atoms with E-state index in [9.17, 15) is 17.9 Å². The number of hydrogen-bond acceptors (Lipinski definition) is 4. The Morgan fingerprint density at radius 2 is 1.91 bits per heavy atom. The van der Waals surface area contributed by atoms with Crippen molar-refractivity contribution in [2.75, 3.05) is 6.54 Å². The van der Waals surface area contributed by atoms with Crippen LogP contribution in [-0.2, 0) is 10.0 Å². The van der Waals surface area contributed by atoms with Crippen LogP contribution in [0.5, 0.6) is 0 Å². The molecule has 0 aliphatic rings. The molecule has 120 valence electrons. The maximum atomic E-state index is 13.8. The second-order valence-electron chi connectivity index (χ2n) is 4.87. The molecule has 2 aromatic rings. The van der Waals surface area contributed by atoms with Crippen LogP contribution >= 0.6 is 0 Å². The molecule has 1 unspecified atom stereocenters. The van der Waals surface area contributed by atoms with Crippen LogP contribution in [0.1, 0.15) is 23.7 Å². The molecule has 0 aliphatic carbocycles. The average Bonchev–Trinajstić information content (AvgIpc) is 2.55. The van der Waals surface area contributed by atoms with Gasteiger partial charge in [0.15, 0.2) is 0 Å². The smallest absolute Gasteiger partial charge is 0.243 e. The number of sulfonamides is 1. The number of aliphatic hydroxyl groups excluding tert-OH is 1. The monoisotopic (exact) mass is 334 g/mol. The van der Waals surface area contributed by atoms with Gasteiger partial charge < -0.3 is 5.11 Å². The summed E-state index contributed by atoms with van der Waals surface area (Å²) in [5.41, 5.74) is 0.720. The van der Waals surface area contributed by atoms with Crippen LogP contribution in [-0.4, -0.2) is 20.1 Å². The fourth-order valence-electron chi connectivity index (χ4n) is 2.04. The summed E-state index contributed by atoms with van der Waals surface area (Å²) in [5, 5.41) is 18.6. The van der Waals surface area contributed by atoms with Crippen molar-refractivity contribution in [3.05, 3.63) is 65.5 Å². The lowest BCUT2D eigenvalue weighted by molar-refractivity contribution is 0.169. The molecule has 0 bridgehead atoms. The van der Waals surface area contributed by atoms with Crippen molar-refractivity contribution in [3.8, 4) is 6.07 Å². The number of hydrogen-bond donors (Lipinski definition) is 2. The van der Waals surface area contributed by atoms with E-state index in [1.165, 1.54) is 6.07 Å². The van der Waals surface area contributed by atoms with Crippen molar-refractivity contribution < 1.29 is 17.9 Å². The van der Waals surface area contributed by atoms with Crippen LogP contribution in [0.4, 0.5) is 4.39 Å². The zero-order valence-electron chi connectivity index (χ0n) is 12.1. The molecule has 2 N–H and O–H groups in total. The molecule has 0 aromatic heterocycles. The van der Waals surface area contributed by atoms with Crippen molar-refractivity contribution in [2.45, 2.75) is 17.4 Å². The van der Waals surface area contributed by atoms with Crippen LogP contribution in [0, 0.1) is 17.1 Å². The molecule has 0 fully saturated rings. The summed E-state index contributed by atoms with van der Waals surface area (Å²) in [7, 11) is -4.04. The molecule has 0 saturated carbocycles. The summed E-state index contributed by atoms with van der Waals surface area (Å²) >= 11 is 0. The van der Waals surface area contributed by atoms with Gasteiger partial charge in [-0.05, 0) is 30.2 Å². The number of halogens is 1. The first kappa shape index (κ1) is 17.1. The molecule has 1 atom stereocenters. The van der Waals surface area contributed by atoms with Gasteiger partial charge in [0.1, 0.15) is 10.7 Å². The van der Waals surface area contributed by atoms with Crippen LogP contribution in [0.2, 0.25) is 0 Å². The molecular weight excluding hydrogens is 319 g/mol. The van der Waals surface area contributed by atoms with Gasteiger partial charge in [-0.15, -0.1) is 0 Å². The number of aliphatic hydroxyl groups is 1. The highest BCUT2D eigenvalue weighted by molar-refractivity contribution is 7.89. The Labute approximate surface area is 134 Å². The number of nitrogens with one attached hydrogen (secondary N) is 1. The number of nitriles is 1. The highest BCUT2D eigenvalue weighted by Crippen LogP contribution is 2.18. The Morgan fingerprint density at radius 3 is 2.52 bits per heavy atom. The zero-order valence-corrected chi connectivity index (χ0v) is 12.9. The molecule has 0 amide bonds. The summed E-state index contributed by atoms with van der Waals surface area (Å²) in [4.78, 5) is -0.522. The predicted molar refractivity (Wildman–Crippen MR) is 82.3 cm³/mol. The van der Waals surface area contributed by atoms with Gasteiger partial charge in [-0.1, -0.05) is 30.3 Å². The fraction of sp³-hybridized carbons (Fsp3) is 0.188. The Kier molecular flexibility index (Phi) is 5.45. The first-order valence-electron chi connectivity index (χ1n) is 6.86. The van der Waals surface area contributed by atoms with Crippen molar-refractivity contribution >= 4 is 10.0 Å². The van der Waals surface area contributed by atoms with Gasteiger partial charge in [0.25, 0.3) is 0 Å². The summed E-state index contributed by atoms with van der Waals surface area (Å²) in [5.74, 6) is -0.986. The highest BCUT2D eigenvalue weighted by Gasteiger charge is 2.19. The SMILES string of the molecule is N#Cc1ccc(S(=O)(=O)NCCC(O)c2ccccc2)c(F)c1. The van der Waals surface area contributed by atoms with E-state index >= 15 is 0 Å². The summed E-state index contributed by atoms with van der Waals surface area (Å²) in [6.45, 7) is -0.0438. The molecule has 2 rings (SSSR count). The second-order valence-corrected chi connectivity index (χ2v) is 6.61. The van der Waals surface area contributed by atoms with Crippen molar-refractivity contribution in [3.63, 3.8) is 0 Å². The van der Waals surface area contributed by atoms with E-state index < -0.39 is 26.8 Å². The quantitative estimate of drug-likeness (QED) is 0.846. The van der Waals surface area contributed by atoms with Gasteiger partial charge >= 0.3 is 0 Å². The molecule has 5 nitrogen and oxygen atoms in total. The van der Waals surface area contributed by atoms with E-state index in [1.807, 2.05) is 6.07 Å². The van der Waals surface area contributed by atoms with Crippen LogP contribution in [0.15, 0.2) is 53.4 Å². The number of benzene rings is 2. The fourth-order valence-corrected chi connectivity index (χ4v) is 3.14. The lowest BCUT2D eigenvalue weighted by Crippen LogP contribution is -2.26. The van der Waals surface area contributed by atoms with Gasteiger partial charge in [0.2, 0.25) is 10.0 Å². The van der Waals surface area contributed by atoms with Crippen LogP contribution < -0.4 is 4.72 Å². The standard InChI is InChI=1S/C16H15FN2O3S/c17-14-10-12(11-18)6-7-16(14)23(21,22)19-9-8-15(20)13-4-2-1-3-5-13/h1-7,10,15,19-20H,8-9H2. The Balaban J connectivity index is 2.01. The van der Waals surface area contributed by atoms with Crippen molar-refractivity contribution in [1.29, 1.82) is 5.26 Å². The van der Waals surface area contributed by atoms with Crippen molar-refractivity contribution in [2.24, 2.45) is 0 Å². The molecule has 0 radical (unpaired) electrons. The zero-order chi connectivity index (χ0) is 16.9. The van der Waals surface area contributed by atoms with Gasteiger partial charge in [-0.3, -0.25) is 0 Å². The molecule has 0 saturated heterocycles. The molecular formula is C16H15FN2O3S. The van der Waals surface area contributed by atoms with E-state index in [4.69, 9.17) is 5.26 Å². The molecule has 0 aliphatic heterocycles. The lowest BCUT2D eigenvalue weighted by atomic mass is 10.1. The minimum Gasteiger partial charge on any atom is -0.388 e. The predicted octanol–water partition coefficient (Wildman–Crippen LogP) is 2.10. The molecule has 23 heavy (non-hydrogen) atoms. The third kappa shape index (κ3) is 4.36.